The van der Waals surface area contributed by atoms with Crippen molar-refractivity contribution in [2.75, 3.05) is 39.5 Å². The normalized spacial score (nSPS) is 11.6. The van der Waals surface area contributed by atoms with E-state index in [1.165, 1.54) is 0 Å². The van der Waals surface area contributed by atoms with Gasteiger partial charge in [-0.2, -0.15) is 0 Å². The minimum atomic E-state index is -0.168. The molecule has 0 atom stereocenters. The molecule has 0 aliphatic rings. The summed E-state index contributed by atoms with van der Waals surface area (Å²) in [5.74, 6) is 0. The van der Waals surface area contributed by atoms with Crippen molar-refractivity contribution >= 4 is 0 Å². The zero-order valence-electron chi connectivity index (χ0n) is 10.9. The first-order chi connectivity index (χ1) is 7.78. The van der Waals surface area contributed by atoms with Gasteiger partial charge in [0, 0.05) is 26.3 Å². The van der Waals surface area contributed by atoms with Crippen LogP contribution in [0.1, 0.15) is 33.6 Å². The minimum Gasteiger partial charge on any atom is -0.395 e. The van der Waals surface area contributed by atoms with Crippen LogP contribution in [-0.2, 0) is 9.47 Å². The van der Waals surface area contributed by atoms with Crippen molar-refractivity contribution < 1.29 is 14.6 Å². The van der Waals surface area contributed by atoms with Crippen LogP contribution < -0.4 is 0 Å². The van der Waals surface area contributed by atoms with Crippen molar-refractivity contribution in [1.29, 1.82) is 0 Å². The third-order valence-corrected chi connectivity index (χ3v) is 2.36. The summed E-state index contributed by atoms with van der Waals surface area (Å²) in [5, 5.41) is 8.99. The predicted octanol–water partition coefficient (Wildman–Crippen LogP) is 1.48. The zero-order valence-corrected chi connectivity index (χ0v) is 10.9. The maximum atomic E-state index is 8.99. The quantitative estimate of drug-likeness (QED) is 0.549. The maximum Gasteiger partial charge on any atom is 0.170 e. The first kappa shape index (κ1) is 15.8. The molecule has 0 aromatic carbocycles. The molecular weight excluding hydrogens is 206 g/mol. The fourth-order valence-corrected chi connectivity index (χ4v) is 1.55. The number of rotatable bonds is 11. The van der Waals surface area contributed by atoms with E-state index in [1.807, 2.05) is 13.8 Å². The Kier molecular flexibility index (Phi) is 11.2. The van der Waals surface area contributed by atoms with Gasteiger partial charge < -0.3 is 14.6 Å². The molecule has 0 aromatic rings. The molecule has 0 saturated heterocycles. The lowest BCUT2D eigenvalue weighted by Gasteiger charge is -2.26. The van der Waals surface area contributed by atoms with E-state index >= 15 is 0 Å². The Morgan fingerprint density at radius 1 is 1.06 bits per heavy atom. The number of aliphatic hydroxyl groups is 1. The standard InChI is InChI=1S/C12H27NO3/c1-4-7-8-13(9-10-14)11-12(15-5-2)16-6-3/h12,14H,4-11H2,1-3H3. The summed E-state index contributed by atoms with van der Waals surface area (Å²) >= 11 is 0. The van der Waals surface area contributed by atoms with Gasteiger partial charge in [0.25, 0.3) is 0 Å². The van der Waals surface area contributed by atoms with Crippen LogP contribution in [0.3, 0.4) is 0 Å². The van der Waals surface area contributed by atoms with Crippen molar-refractivity contribution in [3.05, 3.63) is 0 Å². The number of nitrogens with zero attached hydrogens (tertiary/aromatic N) is 1. The van der Waals surface area contributed by atoms with Crippen molar-refractivity contribution in [3.63, 3.8) is 0 Å². The van der Waals surface area contributed by atoms with E-state index in [-0.39, 0.29) is 12.9 Å². The molecule has 4 nitrogen and oxygen atoms in total. The van der Waals surface area contributed by atoms with E-state index in [1.54, 1.807) is 0 Å². The van der Waals surface area contributed by atoms with Crippen LogP contribution in [0.15, 0.2) is 0 Å². The average molecular weight is 233 g/mol. The molecule has 0 heterocycles. The van der Waals surface area contributed by atoms with Gasteiger partial charge in [-0.25, -0.2) is 0 Å². The minimum absolute atomic E-state index is 0.168. The van der Waals surface area contributed by atoms with E-state index in [0.717, 1.165) is 25.9 Å². The maximum absolute atomic E-state index is 8.99. The molecule has 0 aliphatic carbocycles. The van der Waals surface area contributed by atoms with Gasteiger partial charge in [0.05, 0.1) is 6.61 Å². The molecule has 0 radical (unpaired) electrons. The first-order valence-corrected chi connectivity index (χ1v) is 6.34. The third kappa shape index (κ3) is 8.05. The van der Waals surface area contributed by atoms with Crippen LogP contribution in [0.4, 0.5) is 0 Å². The van der Waals surface area contributed by atoms with Crippen LogP contribution in [0, 0.1) is 0 Å². The SMILES string of the molecule is CCCCN(CCO)CC(OCC)OCC. The number of ether oxygens (including phenoxy) is 2. The van der Waals surface area contributed by atoms with Gasteiger partial charge in [0.15, 0.2) is 6.29 Å². The lowest BCUT2D eigenvalue weighted by molar-refractivity contribution is -0.147. The Balaban J connectivity index is 3.98. The average Bonchev–Trinajstić information content (AvgIpc) is 2.27. The van der Waals surface area contributed by atoms with E-state index < -0.39 is 0 Å². The summed E-state index contributed by atoms with van der Waals surface area (Å²) in [5.41, 5.74) is 0. The van der Waals surface area contributed by atoms with Crippen LogP contribution in [0.25, 0.3) is 0 Å². The van der Waals surface area contributed by atoms with Gasteiger partial charge in [-0.05, 0) is 26.8 Å². The van der Waals surface area contributed by atoms with Crippen LogP contribution in [-0.4, -0.2) is 55.8 Å². The summed E-state index contributed by atoms with van der Waals surface area (Å²) in [6.45, 7) is 10.0. The van der Waals surface area contributed by atoms with Crippen molar-refractivity contribution in [2.24, 2.45) is 0 Å². The monoisotopic (exact) mass is 233 g/mol. The smallest absolute Gasteiger partial charge is 0.170 e. The number of hydrogen-bond donors (Lipinski definition) is 1. The molecule has 0 unspecified atom stereocenters. The summed E-state index contributed by atoms with van der Waals surface area (Å²) < 4.78 is 11.0. The molecule has 0 saturated carbocycles. The highest BCUT2D eigenvalue weighted by molar-refractivity contribution is 4.60. The highest BCUT2D eigenvalue weighted by atomic mass is 16.7. The lowest BCUT2D eigenvalue weighted by Crippen LogP contribution is -2.38. The second-order valence-corrected chi connectivity index (χ2v) is 3.72. The summed E-state index contributed by atoms with van der Waals surface area (Å²) in [4.78, 5) is 2.19. The molecule has 16 heavy (non-hydrogen) atoms. The van der Waals surface area contributed by atoms with Gasteiger partial charge in [0.2, 0.25) is 0 Å². The highest BCUT2D eigenvalue weighted by Gasteiger charge is 2.13. The molecule has 0 aromatic heterocycles. The third-order valence-electron chi connectivity index (χ3n) is 2.36. The molecule has 0 aliphatic heterocycles. The van der Waals surface area contributed by atoms with E-state index in [2.05, 4.69) is 11.8 Å². The fourth-order valence-electron chi connectivity index (χ4n) is 1.55. The van der Waals surface area contributed by atoms with Gasteiger partial charge >= 0.3 is 0 Å². The van der Waals surface area contributed by atoms with E-state index in [9.17, 15) is 0 Å². The molecule has 0 spiro atoms. The lowest BCUT2D eigenvalue weighted by atomic mass is 10.3. The zero-order chi connectivity index (χ0) is 12.2. The second-order valence-electron chi connectivity index (χ2n) is 3.72. The van der Waals surface area contributed by atoms with Gasteiger partial charge in [-0.15, -0.1) is 0 Å². The van der Waals surface area contributed by atoms with Gasteiger partial charge in [-0.3, -0.25) is 4.90 Å². The molecular formula is C12H27NO3. The van der Waals surface area contributed by atoms with Crippen molar-refractivity contribution in [1.82, 2.24) is 4.90 Å². The molecule has 0 amide bonds. The van der Waals surface area contributed by atoms with Gasteiger partial charge in [-0.1, -0.05) is 13.3 Å². The van der Waals surface area contributed by atoms with Crippen LogP contribution in [0.5, 0.6) is 0 Å². The number of hydrogen-bond acceptors (Lipinski definition) is 4. The van der Waals surface area contributed by atoms with Crippen molar-refractivity contribution in [2.45, 2.75) is 39.9 Å². The van der Waals surface area contributed by atoms with E-state index in [0.29, 0.717) is 19.8 Å². The second kappa shape index (κ2) is 11.3. The number of aliphatic hydroxyl groups excluding tert-OH is 1. The molecule has 4 heteroatoms. The first-order valence-electron chi connectivity index (χ1n) is 6.34. The summed E-state index contributed by atoms with van der Waals surface area (Å²) in [6, 6.07) is 0. The van der Waals surface area contributed by atoms with Crippen molar-refractivity contribution in [3.8, 4) is 0 Å². The molecule has 1 N–H and O–H groups in total. The number of unbranched alkanes of at least 4 members (excludes halogenated alkanes) is 1. The van der Waals surface area contributed by atoms with Crippen LogP contribution in [0.2, 0.25) is 0 Å². The molecule has 0 fully saturated rings. The molecule has 0 rings (SSSR count). The highest BCUT2D eigenvalue weighted by Crippen LogP contribution is 2.02. The topological polar surface area (TPSA) is 41.9 Å². The Morgan fingerprint density at radius 3 is 2.12 bits per heavy atom. The Hall–Kier alpha value is -0.160. The summed E-state index contributed by atoms with van der Waals surface area (Å²) in [7, 11) is 0. The molecule has 98 valence electrons. The van der Waals surface area contributed by atoms with Crippen LogP contribution >= 0.6 is 0 Å². The van der Waals surface area contributed by atoms with E-state index in [4.69, 9.17) is 14.6 Å². The van der Waals surface area contributed by atoms with Gasteiger partial charge in [0.1, 0.15) is 0 Å². The Morgan fingerprint density at radius 2 is 1.69 bits per heavy atom. The Labute approximate surface area is 99.5 Å². The Bertz CT molecular complexity index is 138. The predicted molar refractivity (Wildman–Crippen MR) is 65.5 cm³/mol. The fraction of sp³-hybridized carbons (Fsp3) is 1.00. The molecule has 0 bridgehead atoms. The summed E-state index contributed by atoms with van der Waals surface area (Å²) in [6.07, 6.45) is 2.14. The largest absolute Gasteiger partial charge is 0.395 e.